The van der Waals surface area contributed by atoms with Gasteiger partial charge in [0.1, 0.15) is 0 Å². The molecule has 7 aromatic rings. The Morgan fingerprint density at radius 2 is 1.02 bits per heavy atom. The fourth-order valence-corrected chi connectivity index (χ4v) is 6.13. The van der Waals surface area contributed by atoms with Gasteiger partial charge in [0.15, 0.2) is 0 Å². The maximum atomic E-state index is 6.65. The van der Waals surface area contributed by atoms with Crippen LogP contribution in [0, 0.1) is 6.92 Å². The third kappa shape index (κ3) is 4.67. The van der Waals surface area contributed by atoms with Gasteiger partial charge in [0, 0.05) is 12.2 Å². The van der Waals surface area contributed by atoms with Gasteiger partial charge in [-0.15, -0.1) is 0 Å². The van der Waals surface area contributed by atoms with Crippen molar-refractivity contribution in [3.8, 4) is 22.3 Å². The summed E-state index contributed by atoms with van der Waals surface area (Å²) in [7, 11) is 0. The molecular weight excluding hydrogens is 508 g/mol. The summed E-state index contributed by atoms with van der Waals surface area (Å²) in [5.74, 6) is 0. The lowest BCUT2D eigenvalue weighted by Gasteiger charge is -2.28. The van der Waals surface area contributed by atoms with Gasteiger partial charge in [-0.3, -0.25) is 0 Å². The van der Waals surface area contributed by atoms with E-state index in [4.69, 9.17) is 5.73 Å². The van der Waals surface area contributed by atoms with Gasteiger partial charge in [-0.2, -0.15) is 0 Å². The Morgan fingerprint density at radius 3 is 1.64 bits per heavy atom. The number of fused-ring (bicyclic) bond motifs is 2. The molecule has 0 fully saturated rings. The molecule has 0 bridgehead atoms. The number of benzene rings is 7. The molecule has 0 aliphatic rings. The molecule has 0 radical (unpaired) electrons. The van der Waals surface area contributed by atoms with Crippen LogP contribution in [0.15, 0.2) is 152 Å². The molecule has 2 nitrogen and oxygen atoms in total. The molecule has 2 heteroatoms. The third-order valence-electron chi connectivity index (χ3n) is 8.10. The Kier molecular flexibility index (Phi) is 6.65. The minimum atomic E-state index is 0.708. The molecular formula is C40H32N2. The van der Waals surface area contributed by atoms with Crippen LogP contribution in [-0.2, 0) is 6.54 Å². The lowest BCUT2D eigenvalue weighted by atomic mass is 9.85. The van der Waals surface area contributed by atoms with E-state index in [0.29, 0.717) is 6.54 Å². The molecule has 2 N–H and O–H groups in total. The predicted octanol–water partition coefficient (Wildman–Crippen LogP) is 10.6. The number of anilines is 3. The van der Waals surface area contributed by atoms with Crippen molar-refractivity contribution in [3.63, 3.8) is 0 Å². The average molecular weight is 541 g/mol. The largest absolute Gasteiger partial charge is 0.397 e. The number of hydrogen-bond donors (Lipinski definition) is 1. The molecule has 0 aromatic heterocycles. The van der Waals surface area contributed by atoms with E-state index in [1.165, 1.54) is 54.9 Å². The van der Waals surface area contributed by atoms with E-state index < -0.39 is 0 Å². The van der Waals surface area contributed by atoms with Crippen molar-refractivity contribution in [2.45, 2.75) is 13.5 Å². The average Bonchev–Trinajstić information content (AvgIpc) is 3.05. The van der Waals surface area contributed by atoms with E-state index in [1.807, 2.05) is 6.07 Å². The second-order valence-electron chi connectivity index (χ2n) is 10.9. The lowest BCUT2D eigenvalue weighted by Crippen LogP contribution is -2.18. The van der Waals surface area contributed by atoms with E-state index in [-0.39, 0.29) is 0 Å². The SMILES string of the molecule is Cc1ccc(N)c(N(Cc2ccccc2)c2ccc3c(-c4ccccc4)c4ccccc4c(-c4ccccc4)c3c2)c1. The fourth-order valence-electron chi connectivity index (χ4n) is 6.13. The van der Waals surface area contributed by atoms with Gasteiger partial charge in [-0.25, -0.2) is 0 Å². The Labute approximate surface area is 247 Å². The zero-order chi connectivity index (χ0) is 28.5. The van der Waals surface area contributed by atoms with E-state index in [2.05, 4.69) is 157 Å². The van der Waals surface area contributed by atoms with Crippen molar-refractivity contribution in [1.82, 2.24) is 0 Å². The summed E-state index contributed by atoms with van der Waals surface area (Å²) in [6.07, 6.45) is 0. The van der Waals surface area contributed by atoms with Crippen molar-refractivity contribution < 1.29 is 0 Å². The molecule has 7 rings (SSSR count). The van der Waals surface area contributed by atoms with Crippen LogP contribution in [0.25, 0.3) is 43.8 Å². The summed E-state index contributed by atoms with van der Waals surface area (Å²) in [4.78, 5) is 2.35. The van der Waals surface area contributed by atoms with Crippen LogP contribution in [0.1, 0.15) is 11.1 Å². The quantitative estimate of drug-likeness (QED) is 0.168. The first-order chi connectivity index (χ1) is 20.7. The summed E-state index contributed by atoms with van der Waals surface area (Å²) in [6, 6.07) is 54.1. The number of nitrogens with two attached hydrogens (primary N) is 1. The van der Waals surface area contributed by atoms with Crippen LogP contribution >= 0.6 is 0 Å². The first kappa shape index (κ1) is 25.6. The number of nitrogen functional groups attached to an aromatic ring is 1. The van der Waals surface area contributed by atoms with Gasteiger partial charge >= 0.3 is 0 Å². The molecule has 0 unspecified atom stereocenters. The van der Waals surface area contributed by atoms with Crippen LogP contribution in [0.2, 0.25) is 0 Å². The van der Waals surface area contributed by atoms with Crippen LogP contribution in [0.4, 0.5) is 17.1 Å². The van der Waals surface area contributed by atoms with Crippen molar-refractivity contribution in [3.05, 3.63) is 163 Å². The van der Waals surface area contributed by atoms with Crippen molar-refractivity contribution in [1.29, 1.82) is 0 Å². The van der Waals surface area contributed by atoms with Crippen LogP contribution in [0.3, 0.4) is 0 Å². The van der Waals surface area contributed by atoms with Gasteiger partial charge in [0.2, 0.25) is 0 Å². The van der Waals surface area contributed by atoms with E-state index >= 15 is 0 Å². The summed E-state index contributed by atoms with van der Waals surface area (Å²) in [5.41, 5.74) is 16.9. The van der Waals surface area contributed by atoms with Gasteiger partial charge in [0.05, 0.1) is 11.4 Å². The van der Waals surface area contributed by atoms with Crippen LogP contribution in [-0.4, -0.2) is 0 Å². The third-order valence-corrected chi connectivity index (χ3v) is 8.10. The fraction of sp³-hybridized carbons (Fsp3) is 0.0500. The molecule has 42 heavy (non-hydrogen) atoms. The first-order valence-electron chi connectivity index (χ1n) is 14.4. The normalized spacial score (nSPS) is 11.2. The molecule has 0 aliphatic carbocycles. The summed E-state index contributed by atoms with van der Waals surface area (Å²) < 4.78 is 0. The van der Waals surface area contributed by atoms with Gasteiger partial charge in [-0.05, 0) is 86.1 Å². The van der Waals surface area contributed by atoms with Crippen LogP contribution in [0.5, 0.6) is 0 Å². The maximum absolute atomic E-state index is 6.65. The van der Waals surface area contributed by atoms with Crippen molar-refractivity contribution in [2.75, 3.05) is 10.6 Å². The number of hydrogen-bond acceptors (Lipinski definition) is 2. The maximum Gasteiger partial charge on any atom is 0.0650 e. The van der Waals surface area contributed by atoms with E-state index in [0.717, 1.165) is 17.1 Å². The summed E-state index contributed by atoms with van der Waals surface area (Å²) >= 11 is 0. The zero-order valence-electron chi connectivity index (χ0n) is 23.7. The number of aryl methyl sites for hydroxylation is 1. The van der Waals surface area contributed by atoms with Crippen molar-refractivity contribution >= 4 is 38.6 Å². The second-order valence-corrected chi connectivity index (χ2v) is 10.9. The standard InChI is InChI=1S/C40H32N2/c1-28-21-24-37(41)38(25-28)42(27-29-13-5-2-6-14-29)32-22-23-35-36(26-32)40(31-17-9-4-10-18-31)34-20-12-11-19-33(34)39(35)30-15-7-3-8-16-30/h2-26H,27,41H2,1H3. The second kappa shape index (κ2) is 10.9. The molecule has 0 aliphatic heterocycles. The highest BCUT2D eigenvalue weighted by molar-refractivity contribution is 6.22. The highest BCUT2D eigenvalue weighted by Crippen LogP contribution is 2.45. The smallest absolute Gasteiger partial charge is 0.0650 e. The predicted molar refractivity (Wildman–Crippen MR) is 180 cm³/mol. The highest BCUT2D eigenvalue weighted by atomic mass is 15.1. The summed E-state index contributed by atoms with van der Waals surface area (Å²) in [6.45, 7) is 2.83. The Hall–Kier alpha value is -5.34. The van der Waals surface area contributed by atoms with E-state index in [1.54, 1.807) is 0 Å². The number of rotatable bonds is 6. The van der Waals surface area contributed by atoms with E-state index in [9.17, 15) is 0 Å². The van der Waals surface area contributed by atoms with Gasteiger partial charge < -0.3 is 10.6 Å². The molecule has 0 saturated carbocycles. The molecule has 0 amide bonds. The molecule has 202 valence electrons. The minimum absolute atomic E-state index is 0.708. The molecule has 0 saturated heterocycles. The Morgan fingerprint density at radius 1 is 0.500 bits per heavy atom. The number of nitrogens with zero attached hydrogens (tertiary/aromatic N) is 1. The molecule has 0 atom stereocenters. The Bertz CT molecular complexity index is 2010. The molecule has 0 spiro atoms. The Balaban J connectivity index is 1.56. The summed E-state index contributed by atoms with van der Waals surface area (Å²) in [5, 5.41) is 4.96. The monoisotopic (exact) mass is 540 g/mol. The molecule has 7 aromatic carbocycles. The highest BCUT2D eigenvalue weighted by Gasteiger charge is 2.20. The van der Waals surface area contributed by atoms with Crippen LogP contribution < -0.4 is 10.6 Å². The first-order valence-corrected chi connectivity index (χ1v) is 14.4. The minimum Gasteiger partial charge on any atom is -0.397 e. The van der Waals surface area contributed by atoms with Gasteiger partial charge in [-0.1, -0.05) is 127 Å². The molecule has 0 heterocycles. The lowest BCUT2D eigenvalue weighted by molar-refractivity contribution is 0.977. The topological polar surface area (TPSA) is 29.3 Å². The van der Waals surface area contributed by atoms with Gasteiger partial charge in [0.25, 0.3) is 0 Å². The zero-order valence-corrected chi connectivity index (χ0v) is 23.7. The van der Waals surface area contributed by atoms with Crippen molar-refractivity contribution in [2.24, 2.45) is 0 Å².